The molecule has 0 saturated carbocycles. The number of rotatable bonds is 11. The van der Waals surface area contributed by atoms with E-state index in [0.29, 0.717) is 0 Å². The van der Waals surface area contributed by atoms with Crippen molar-refractivity contribution in [2.75, 3.05) is 19.5 Å². The highest BCUT2D eigenvalue weighted by Crippen LogP contribution is 2.34. The average molecular weight is 478 g/mol. The molecule has 4 rings (SSSR count). The lowest BCUT2D eigenvalue weighted by molar-refractivity contribution is -0.0873. The number of nitrogens with one attached hydrogen (secondary N) is 2. The van der Waals surface area contributed by atoms with Crippen LogP contribution in [-0.2, 0) is 17.1 Å². The zero-order chi connectivity index (χ0) is 23.8. The van der Waals surface area contributed by atoms with Crippen LogP contribution in [0.3, 0.4) is 0 Å². The van der Waals surface area contributed by atoms with Crippen LogP contribution in [0.15, 0.2) is 84.0 Å². The van der Waals surface area contributed by atoms with Crippen molar-refractivity contribution in [2.45, 2.75) is 23.7 Å². The molecular formula is C26H27N3O4S. The first-order chi connectivity index (χ1) is 16.6. The SMILES string of the molecule is COc1ccc(CSc2cc(-c3cn[nH]c3)ccc2NC(O)OCc2cccc(OC)c2)cc1. The van der Waals surface area contributed by atoms with Crippen molar-refractivity contribution in [1.82, 2.24) is 10.2 Å². The molecule has 8 heteroatoms. The number of ether oxygens (including phenoxy) is 3. The molecule has 176 valence electrons. The number of thioether (sulfide) groups is 1. The second-order valence-electron chi connectivity index (χ2n) is 7.49. The Bertz CT molecular complexity index is 1180. The molecule has 0 aliphatic carbocycles. The Morgan fingerprint density at radius 1 is 0.941 bits per heavy atom. The monoisotopic (exact) mass is 477 g/mol. The fourth-order valence-corrected chi connectivity index (χ4v) is 4.35. The minimum atomic E-state index is -1.17. The lowest BCUT2D eigenvalue weighted by Crippen LogP contribution is -2.22. The van der Waals surface area contributed by atoms with Gasteiger partial charge in [0.1, 0.15) is 11.5 Å². The molecule has 34 heavy (non-hydrogen) atoms. The Morgan fingerprint density at radius 2 is 1.76 bits per heavy atom. The van der Waals surface area contributed by atoms with Crippen LogP contribution in [0, 0.1) is 0 Å². The standard InChI is InChI=1S/C26H27N3O4S/c1-31-22-9-6-18(7-10-22)17-34-25-13-20(21-14-27-28-15-21)8-11-24(25)29-26(30)33-16-19-4-3-5-23(12-19)32-2/h3-15,26,29-30H,16-17H2,1-2H3,(H,27,28). The van der Waals surface area contributed by atoms with Gasteiger partial charge in [-0.25, -0.2) is 0 Å². The first-order valence-corrected chi connectivity index (χ1v) is 11.7. The summed E-state index contributed by atoms with van der Waals surface area (Å²) in [6, 6.07) is 21.6. The summed E-state index contributed by atoms with van der Waals surface area (Å²) in [6.45, 7) is 0.243. The summed E-state index contributed by atoms with van der Waals surface area (Å²) >= 11 is 1.67. The summed E-state index contributed by atoms with van der Waals surface area (Å²) in [4.78, 5) is 0.985. The number of H-pyrrole nitrogens is 1. The molecule has 0 aliphatic rings. The molecule has 0 amide bonds. The van der Waals surface area contributed by atoms with Crippen LogP contribution in [-0.4, -0.2) is 35.9 Å². The quantitative estimate of drug-likeness (QED) is 0.200. The van der Waals surface area contributed by atoms with E-state index in [9.17, 15) is 5.11 Å². The normalized spacial score (nSPS) is 11.7. The highest BCUT2D eigenvalue weighted by molar-refractivity contribution is 7.98. The van der Waals surface area contributed by atoms with Crippen molar-refractivity contribution >= 4 is 17.4 Å². The number of benzene rings is 3. The molecule has 0 bridgehead atoms. The number of aromatic nitrogens is 2. The smallest absolute Gasteiger partial charge is 0.235 e. The lowest BCUT2D eigenvalue weighted by Gasteiger charge is -2.18. The number of anilines is 1. The van der Waals surface area contributed by atoms with E-state index in [1.807, 2.05) is 66.9 Å². The van der Waals surface area contributed by atoms with Crippen molar-refractivity contribution in [3.8, 4) is 22.6 Å². The van der Waals surface area contributed by atoms with Gasteiger partial charge in [-0.05, 0) is 53.1 Å². The molecular weight excluding hydrogens is 450 g/mol. The number of aliphatic hydroxyl groups excluding tert-OH is 1. The fraction of sp³-hybridized carbons (Fsp3) is 0.192. The van der Waals surface area contributed by atoms with Crippen LogP contribution in [0.4, 0.5) is 5.69 Å². The van der Waals surface area contributed by atoms with Crippen molar-refractivity contribution in [2.24, 2.45) is 0 Å². The van der Waals surface area contributed by atoms with E-state index in [4.69, 9.17) is 14.2 Å². The molecule has 0 fully saturated rings. The summed E-state index contributed by atoms with van der Waals surface area (Å²) < 4.78 is 16.1. The van der Waals surface area contributed by atoms with Gasteiger partial charge in [0, 0.05) is 22.4 Å². The minimum Gasteiger partial charge on any atom is -0.497 e. The maximum atomic E-state index is 10.5. The van der Waals surface area contributed by atoms with Gasteiger partial charge in [0.05, 0.1) is 32.7 Å². The third-order valence-corrected chi connectivity index (χ3v) is 6.31. The van der Waals surface area contributed by atoms with Crippen LogP contribution in [0.1, 0.15) is 11.1 Å². The van der Waals surface area contributed by atoms with Gasteiger partial charge in [0.25, 0.3) is 0 Å². The Morgan fingerprint density at radius 3 is 2.50 bits per heavy atom. The predicted octanol–water partition coefficient (Wildman–Crippen LogP) is 5.29. The largest absolute Gasteiger partial charge is 0.497 e. The van der Waals surface area contributed by atoms with Gasteiger partial charge >= 0.3 is 0 Å². The molecule has 1 atom stereocenters. The Balaban J connectivity index is 1.46. The zero-order valence-corrected chi connectivity index (χ0v) is 19.8. The number of methoxy groups -OCH3 is 2. The van der Waals surface area contributed by atoms with E-state index < -0.39 is 6.41 Å². The highest BCUT2D eigenvalue weighted by atomic mass is 32.2. The Labute approximate surface area is 203 Å². The second kappa shape index (κ2) is 11.6. The van der Waals surface area contributed by atoms with E-state index in [-0.39, 0.29) is 6.61 Å². The second-order valence-corrected chi connectivity index (χ2v) is 8.51. The lowest BCUT2D eigenvalue weighted by atomic mass is 10.1. The molecule has 3 N–H and O–H groups in total. The van der Waals surface area contributed by atoms with Gasteiger partial charge in [-0.3, -0.25) is 5.10 Å². The number of nitrogens with zero attached hydrogens (tertiary/aromatic N) is 1. The van der Waals surface area contributed by atoms with E-state index in [0.717, 1.165) is 44.5 Å². The van der Waals surface area contributed by atoms with Gasteiger partial charge in [0.2, 0.25) is 6.41 Å². The van der Waals surface area contributed by atoms with Gasteiger partial charge in [-0.15, -0.1) is 11.8 Å². The summed E-state index contributed by atoms with van der Waals surface area (Å²) in [5, 5.41) is 20.5. The van der Waals surface area contributed by atoms with Crippen molar-refractivity contribution in [3.05, 3.63) is 90.3 Å². The number of hydrogen-bond acceptors (Lipinski definition) is 7. The third-order valence-electron chi connectivity index (χ3n) is 5.19. The van der Waals surface area contributed by atoms with Crippen LogP contribution >= 0.6 is 11.8 Å². The van der Waals surface area contributed by atoms with Crippen LogP contribution in [0.25, 0.3) is 11.1 Å². The summed E-state index contributed by atoms with van der Waals surface area (Å²) in [6.07, 6.45) is 2.46. The Kier molecular flexibility index (Phi) is 8.08. The van der Waals surface area contributed by atoms with Gasteiger partial charge in [-0.2, -0.15) is 5.10 Å². The molecule has 1 unspecified atom stereocenters. The number of hydrogen-bond donors (Lipinski definition) is 3. The molecule has 0 aliphatic heterocycles. The van der Waals surface area contributed by atoms with Crippen LogP contribution < -0.4 is 14.8 Å². The first kappa shape index (κ1) is 23.7. The average Bonchev–Trinajstić information content (AvgIpc) is 3.42. The van der Waals surface area contributed by atoms with Crippen molar-refractivity contribution < 1.29 is 19.3 Å². The minimum absolute atomic E-state index is 0.243. The van der Waals surface area contributed by atoms with Crippen molar-refractivity contribution in [3.63, 3.8) is 0 Å². The molecule has 0 radical (unpaired) electrons. The van der Waals surface area contributed by atoms with E-state index in [1.165, 1.54) is 5.56 Å². The summed E-state index contributed by atoms with van der Waals surface area (Å²) in [5.41, 5.74) is 4.88. The predicted molar refractivity (Wildman–Crippen MR) is 134 cm³/mol. The van der Waals surface area contributed by atoms with E-state index >= 15 is 0 Å². The van der Waals surface area contributed by atoms with Crippen LogP contribution in [0.5, 0.6) is 11.5 Å². The molecule has 1 aromatic heterocycles. The highest BCUT2D eigenvalue weighted by Gasteiger charge is 2.12. The summed E-state index contributed by atoms with van der Waals surface area (Å²) in [7, 11) is 3.28. The fourth-order valence-electron chi connectivity index (χ4n) is 3.34. The molecule has 7 nitrogen and oxygen atoms in total. The van der Waals surface area contributed by atoms with Gasteiger partial charge in [-0.1, -0.05) is 30.3 Å². The Hall–Kier alpha value is -3.46. The molecule has 1 heterocycles. The number of aromatic amines is 1. The molecule has 0 spiro atoms. The molecule has 3 aromatic carbocycles. The molecule has 4 aromatic rings. The van der Waals surface area contributed by atoms with E-state index in [2.05, 4.69) is 21.6 Å². The topological polar surface area (TPSA) is 88.6 Å². The van der Waals surface area contributed by atoms with Crippen molar-refractivity contribution in [1.29, 1.82) is 0 Å². The van der Waals surface area contributed by atoms with Crippen LogP contribution in [0.2, 0.25) is 0 Å². The number of aliphatic hydroxyl groups is 1. The molecule has 0 saturated heterocycles. The maximum absolute atomic E-state index is 10.5. The maximum Gasteiger partial charge on any atom is 0.235 e. The zero-order valence-electron chi connectivity index (χ0n) is 19.0. The van der Waals surface area contributed by atoms with Gasteiger partial charge in [0.15, 0.2) is 0 Å². The first-order valence-electron chi connectivity index (χ1n) is 10.7. The third kappa shape index (κ3) is 6.32. The van der Waals surface area contributed by atoms with Gasteiger partial charge < -0.3 is 24.6 Å². The van der Waals surface area contributed by atoms with E-state index in [1.54, 1.807) is 32.2 Å². The summed E-state index contributed by atoms with van der Waals surface area (Å²) in [5.74, 6) is 2.33.